The Morgan fingerprint density at radius 3 is 2.44 bits per heavy atom. The van der Waals surface area contributed by atoms with Crippen molar-refractivity contribution in [1.82, 2.24) is 0 Å². The molecule has 0 fully saturated rings. The maximum absolute atomic E-state index is 11.6. The summed E-state index contributed by atoms with van der Waals surface area (Å²) in [6, 6.07) is 7.68. The zero-order valence-electron chi connectivity index (χ0n) is 9.90. The highest BCUT2D eigenvalue weighted by atomic mass is 16.5. The molecule has 0 saturated heterocycles. The molecule has 1 aromatic carbocycles. The van der Waals surface area contributed by atoms with Gasteiger partial charge in [0, 0.05) is 12.1 Å². The standard InChI is InChI=1S/C13H19NO2/c1-10(2)11-3-5-12(6-4-11)13(15)9-16-8-7-14/h3-6,10H,7-9,14H2,1-2H3. The molecule has 0 atom stereocenters. The quantitative estimate of drug-likeness (QED) is 0.590. The molecule has 0 aromatic heterocycles. The van der Waals surface area contributed by atoms with Gasteiger partial charge in [0.15, 0.2) is 5.78 Å². The Labute approximate surface area is 96.6 Å². The lowest BCUT2D eigenvalue weighted by Crippen LogP contribution is -2.14. The van der Waals surface area contributed by atoms with Crippen molar-refractivity contribution in [1.29, 1.82) is 0 Å². The molecule has 1 rings (SSSR count). The number of ether oxygens (including phenoxy) is 1. The van der Waals surface area contributed by atoms with Crippen LogP contribution in [0.1, 0.15) is 35.7 Å². The third-order valence-corrected chi connectivity index (χ3v) is 2.39. The summed E-state index contributed by atoms with van der Waals surface area (Å²) in [4.78, 5) is 11.6. The van der Waals surface area contributed by atoms with Gasteiger partial charge >= 0.3 is 0 Å². The van der Waals surface area contributed by atoms with Gasteiger partial charge in [-0.1, -0.05) is 38.1 Å². The van der Waals surface area contributed by atoms with Gasteiger partial charge in [-0.25, -0.2) is 0 Å². The van der Waals surface area contributed by atoms with Crippen LogP contribution in [0.5, 0.6) is 0 Å². The van der Waals surface area contributed by atoms with Crippen LogP contribution in [-0.4, -0.2) is 25.5 Å². The van der Waals surface area contributed by atoms with Gasteiger partial charge in [-0.15, -0.1) is 0 Å². The first kappa shape index (κ1) is 12.9. The smallest absolute Gasteiger partial charge is 0.188 e. The van der Waals surface area contributed by atoms with Crippen LogP contribution in [0.15, 0.2) is 24.3 Å². The van der Waals surface area contributed by atoms with E-state index in [1.165, 1.54) is 5.56 Å². The summed E-state index contributed by atoms with van der Waals surface area (Å²) < 4.78 is 5.10. The summed E-state index contributed by atoms with van der Waals surface area (Å²) in [6.07, 6.45) is 0. The molecule has 0 spiro atoms. The zero-order valence-corrected chi connectivity index (χ0v) is 9.90. The van der Waals surface area contributed by atoms with Gasteiger partial charge in [0.2, 0.25) is 0 Å². The molecule has 0 saturated carbocycles. The maximum Gasteiger partial charge on any atom is 0.188 e. The molecular formula is C13H19NO2. The minimum absolute atomic E-state index is 0.00348. The van der Waals surface area contributed by atoms with Crippen LogP contribution in [0, 0.1) is 0 Å². The van der Waals surface area contributed by atoms with Crippen molar-refractivity contribution in [3.05, 3.63) is 35.4 Å². The predicted molar refractivity (Wildman–Crippen MR) is 64.7 cm³/mol. The molecule has 3 heteroatoms. The molecule has 2 N–H and O–H groups in total. The second-order valence-corrected chi connectivity index (χ2v) is 4.04. The van der Waals surface area contributed by atoms with Gasteiger partial charge < -0.3 is 10.5 Å². The van der Waals surface area contributed by atoms with Crippen LogP contribution >= 0.6 is 0 Å². The number of rotatable bonds is 6. The Hall–Kier alpha value is -1.19. The summed E-state index contributed by atoms with van der Waals surface area (Å²) in [5.41, 5.74) is 7.20. The fourth-order valence-electron chi connectivity index (χ4n) is 1.39. The number of ketones is 1. The molecule has 0 aliphatic heterocycles. The van der Waals surface area contributed by atoms with Crippen molar-refractivity contribution in [3.8, 4) is 0 Å². The minimum Gasteiger partial charge on any atom is -0.372 e. The Kier molecular flexibility index (Phi) is 5.15. The van der Waals surface area contributed by atoms with Crippen molar-refractivity contribution >= 4 is 5.78 Å². The molecule has 0 heterocycles. The van der Waals surface area contributed by atoms with Crippen molar-refractivity contribution < 1.29 is 9.53 Å². The molecule has 3 nitrogen and oxygen atoms in total. The second kappa shape index (κ2) is 6.40. The van der Waals surface area contributed by atoms with E-state index in [0.29, 0.717) is 24.6 Å². The van der Waals surface area contributed by atoms with Crippen molar-refractivity contribution in [2.24, 2.45) is 5.73 Å². The SMILES string of the molecule is CC(C)c1ccc(C(=O)COCCN)cc1. The predicted octanol–water partition coefficient (Wildman–Crippen LogP) is 1.97. The lowest BCUT2D eigenvalue weighted by molar-refractivity contribution is 0.0774. The fraction of sp³-hybridized carbons (Fsp3) is 0.462. The van der Waals surface area contributed by atoms with Gasteiger partial charge in [0.1, 0.15) is 6.61 Å². The summed E-state index contributed by atoms with van der Waals surface area (Å²) in [6.45, 7) is 5.23. The van der Waals surface area contributed by atoms with E-state index in [4.69, 9.17) is 10.5 Å². The largest absolute Gasteiger partial charge is 0.372 e. The number of benzene rings is 1. The molecule has 0 unspecified atom stereocenters. The lowest BCUT2D eigenvalue weighted by Gasteiger charge is -2.06. The van der Waals surface area contributed by atoms with Gasteiger partial charge in [0.25, 0.3) is 0 Å². The molecule has 88 valence electrons. The van der Waals surface area contributed by atoms with Gasteiger partial charge in [-0.05, 0) is 11.5 Å². The normalized spacial score (nSPS) is 10.8. The Morgan fingerprint density at radius 1 is 1.31 bits per heavy atom. The van der Waals surface area contributed by atoms with E-state index >= 15 is 0 Å². The van der Waals surface area contributed by atoms with Crippen LogP contribution in [0.2, 0.25) is 0 Å². The molecule has 1 aromatic rings. The van der Waals surface area contributed by atoms with Crippen molar-refractivity contribution in [2.45, 2.75) is 19.8 Å². The summed E-state index contributed by atoms with van der Waals surface area (Å²) in [5.74, 6) is 0.487. The average molecular weight is 221 g/mol. The Morgan fingerprint density at radius 2 is 1.94 bits per heavy atom. The number of hydrogen-bond donors (Lipinski definition) is 1. The van der Waals surface area contributed by atoms with Crippen LogP contribution in [-0.2, 0) is 4.74 Å². The van der Waals surface area contributed by atoms with Gasteiger partial charge in [-0.3, -0.25) is 4.79 Å². The molecular weight excluding hydrogens is 202 g/mol. The topological polar surface area (TPSA) is 52.3 Å². The molecule has 0 aliphatic rings. The van der Waals surface area contributed by atoms with E-state index in [9.17, 15) is 4.79 Å². The third kappa shape index (κ3) is 3.76. The van der Waals surface area contributed by atoms with E-state index in [-0.39, 0.29) is 12.4 Å². The second-order valence-electron chi connectivity index (χ2n) is 4.04. The van der Waals surface area contributed by atoms with Gasteiger partial charge in [0.05, 0.1) is 6.61 Å². The van der Waals surface area contributed by atoms with Crippen LogP contribution < -0.4 is 5.73 Å². The van der Waals surface area contributed by atoms with Crippen LogP contribution in [0.25, 0.3) is 0 Å². The molecule has 0 amide bonds. The van der Waals surface area contributed by atoms with Crippen molar-refractivity contribution in [3.63, 3.8) is 0 Å². The van der Waals surface area contributed by atoms with Crippen molar-refractivity contribution in [2.75, 3.05) is 19.8 Å². The van der Waals surface area contributed by atoms with Gasteiger partial charge in [-0.2, -0.15) is 0 Å². The highest BCUT2D eigenvalue weighted by molar-refractivity contribution is 5.97. The first-order valence-corrected chi connectivity index (χ1v) is 5.56. The van der Waals surface area contributed by atoms with Crippen LogP contribution in [0.4, 0.5) is 0 Å². The van der Waals surface area contributed by atoms with E-state index < -0.39 is 0 Å². The van der Waals surface area contributed by atoms with E-state index in [1.54, 1.807) is 0 Å². The molecule has 16 heavy (non-hydrogen) atoms. The van der Waals surface area contributed by atoms with Crippen LogP contribution in [0.3, 0.4) is 0 Å². The highest BCUT2D eigenvalue weighted by Crippen LogP contribution is 2.14. The van der Waals surface area contributed by atoms with E-state index in [2.05, 4.69) is 13.8 Å². The monoisotopic (exact) mass is 221 g/mol. The molecule has 0 bridgehead atoms. The highest BCUT2D eigenvalue weighted by Gasteiger charge is 2.06. The number of nitrogens with two attached hydrogens (primary N) is 1. The molecule has 0 aliphatic carbocycles. The Bertz CT molecular complexity index is 330. The minimum atomic E-state index is 0.00348. The van der Waals surface area contributed by atoms with E-state index in [1.807, 2.05) is 24.3 Å². The number of carbonyl (C=O) groups excluding carboxylic acids is 1. The summed E-state index contributed by atoms with van der Waals surface area (Å²) in [7, 11) is 0. The first-order valence-electron chi connectivity index (χ1n) is 5.56. The lowest BCUT2D eigenvalue weighted by atomic mass is 10.0. The number of carbonyl (C=O) groups is 1. The fourth-order valence-corrected chi connectivity index (χ4v) is 1.39. The Balaban J connectivity index is 2.56. The third-order valence-electron chi connectivity index (χ3n) is 2.39. The first-order chi connectivity index (χ1) is 7.65. The summed E-state index contributed by atoms with van der Waals surface area (Å²) in [5, 5.41) is 0. The number of Topliss-reactive ketones (excluding diaryl/α,β-unsaturated/α-hetero) is 1. The maximum atomic E-state index is 11.6. The molecule has 0 radical (unpaired) electrons. The number of hydrogen-bond acceptors (Lipinski definition) is 3. The average Bonchev–Trinajstić information content (AvgIpc) is 2.29. The zero-order chi connectivity index (χ0) is 12.0. The summed E-state index contributed by atoms with van der Waals surface area (Å²) >= 11 is 0. The van der Waals surface area contributed by atoms with E-state index in [0.717, 1.165) is 0 Å².